The zero-order valence-corrected chi connectivity index (χ0v) is 14.3. The minimum Gasteiger partial charge on any atom is -0.484 e. The summed E-state index contributed by atoms with van der Waals surface area (Å²) in [6.45, 7) is -1.37. The van der Waals surface area contributed by atoms with Gasteiger partial charge in [0, 0.05) is 12.3 Å². The van der Waals surface area contributed by atoms with E-state index in [2.05, 4.69) is 4.74 Å². The number of hydrogen-bond acceptors (Lipinski definition) is 5. The highest BCUT2D eigenvalue weighted by Gasteiger charge is 2.28. The lowest BCUT2D eigenvalue weighted by molar-refractivity contribution is -0.153. The topological polar surface area (TPSA) is 48.7 Å². The van der Waals surface area contributed by atoms with Crippen molar-refractivity contribution in [3.05, 3.63) is 59.0 Å². The zero-order chi connectivity index (χ0) is 18.7. The van der Waals surface area contributed by atoms with Crippen molar-refractivity contribution in [3.63, 3.8) is 0 Å². The summed E-state index contributed by atoms with van der Waals surface area (Å²) in [4.78, 5) is 12.7. The van der Waals surface area contributed by atoms with Gasteiger partial charge in [0.15, 0.2) is 12.0 Å². The van der Waals surface area contributed by atoms with E-state index >= 15 is 0 Å². The van der Waals surface area contributed by atoms with Crippen molar-refractivity contribution < 1.29 is 26.5 Å². The molecule has 3 rings (SSSR count). The van der Waals surface area contributed by atoms with Crippen molar-refractivity contribution in [2.24, 2.45) is 0 Å². The molecule has 0 fully saturated rings. The van der Waals surface area contributed by atoms with Gasteiger partial charge in [-0.15, -0.1) is 0 Å². The molecule has 0 unspecified atom stereocenters. The minimum absolute atomic E-state index is 0.0649. The van der Waals surface area contributed by atoms with Crippen LogP contribution in [0.5, 0.6) is 11.5 Å². The van der Waals surface area contributed by atoms with Gasteiger partial charge >= 0.3 is 6.18 Å². The first-order chi connectivity index (χ1) is 12.4. The first-order valence-corrected chi connectivity index (χ1v) is 8.58. The maximum Gasteiger partial charge on any atom is 0.422 e. The van der Waals surface area contributed by atoms with Crippen LogP contribution in [-0.2, 0) is 0 Å². The third-order valence-electron chi connectivity index (χ3n) is 3.49. The summed E-state index contributed by atoms with van der Waals surface area (Å²) in [5.74, 6) is 0.627. The highest BCUT2D eigenvalue weighted by Crippen LogP contribution is 2.26. The summed E-state index contributed by atoms with van der Waals surface area (Å²) in [5, 5.41) is 0.383. The van der Waals surface area contributed by atoms with E-state index in [1.165, 1.54) is 42.6 Å². The molecule has 0 N–H and O–H groups in total. The quantitative estimate of drug-likeness (QED) is 0.578. The summed E-state index contributed by atoms with van der Waals surface area (Å²) in [5.41, 5.74) is 0.962. The molecule has 26 heavy (non-hydrogen) atoms. The largest absolute Gasteiger partial charge is 0.484 e. The van der Waals surface area contributed by atoms with Crippen LogP contribution in [0.4, 0.5) is 13.2 Å². The second-order valence-electron chi connectivity index (χ2n) is 5.31. The van der Waals surface area contributed by atoms with E-state index in [1.54, 1.807) is 24.5 Å². The van der Waals surface area contributed by atoms with Gasteiger partial charge in [-0.05, 0) is 29.8 Å². The molecule has 1 aromatic heterocycles. The molecule has 0 radical (unpaired) electrons. The average molecular weight is 382 g/mol. The van der Waals surface area contributed by atoms with Crippen molar-refractivity contribution in [3.8, 4) is 22.6 Å². The number of hydrogen-bond donors (Lipinski definition) is 0. The molecule has 0 saturated heterocycles. The smallest absolute Gasteiger partial charge is 0.422 e. The van der Waals surface area contributed by atoms with Crippen LogP contribution in [0, 0.1) is 0 Å². The van der Waals surface area contributed by atoms with Crippen molar-refractivity contribution in [1.82, 2.24) is 0 Å². The molecule has 0 atom stereocenters. The number of rotatable bonds is 5. The van der Waals surface area contributed by atoms with Crippen LogP contribution in [0.2, 0.25) is 0 Å². The number of ether oxygens (including phenoxy) is 1. The Kier molecular flexibility index (Phi) is 5.13. The Morgan fingerprint density at radius 2 is 1.77 bits per heavy atom. The van der Waals surface area contributed by atoms with E-state index in [0.717, 1.165) is 0 Å². The van der Waals surface area contributed by atoms with Gasteiger partial charge in [0.25, 0.3) is 0 Å². The lowest BCUT2D eigenvalue weighted by Gasteiger charge is -2.09. The molecule has 4 nitrogen and oxygen atoms in total. The van der Waals surface area contributed by atoms with Crippen LogP contribution in [0.15, 0.2) is 57.9 Å². The Labute approximate surface area is 150 Å². The molecule has 136 valence electrons. The molecular formula is C18H13F3O4S. The minimum atomic E-state index is -4.41. The van der Waals surface area contributed by atoms with Gasteiger partial charge in [0.05, 0.1) is 23.0 Å². The molecular weight excluding hydrogens is 369 g/mol. The molecule has 0 aliphatic carbocycles. The molecule has 0 saturated carbocycles. The van der Waals surface area contributed by atoms with Crippen LogP contribution in [-0.4, -0.2) is 19.0 Å². The maximum absolute atomic E-state index is 12.7. The van der Waals surface area contributed by atoms with Gasteiger partial charge in [-0.2, -0.15) is 13.2 Å². The average Bonchev–Trinajstić information content (AvgIpc) is 2.61. The Morgan fingerprint density at radius 1 is 1.08 bits per heavy atom. The molecule has 0 spiro atoms. The molecule has 8 heteroatoms. The molecule has 0 aliphatic heterocycles. The van der Waals surface area contributed by atoms with Gasteiger partial charge in [-0.1, -0.05) is 12.1 Å². The van der Waals surface area contributed by atoms with Crippen molar-refractivity contribution in [1.29, 1.82) is 0 Å². The highest BCUT2D eigenvalue weighted by atomic mass is 32.2. The Hall–Kier alpha value is -2.61. The lowest BCUT2D eigenvalue weighted by Crippen LogP contribution is -2.19. The second-order valence-corrected chi connectivity index (χ2v) is 5.81. The van der Waals surface area contributed by atoms with Gasteiger partial charge in [0.2, 0.25) is 0 Å². The summed E-state index contributed by atoms with van der Waals surface area (Å²) < 4.78 is 52.0. The normalized spacial score (nSPS) is 11.5. The first kappa shape index (κ1) is 18.2. The summed E-state index contributed by atoms with van der Waals surface area (Å²) in [7, 11) is 0. The van der Waals surface area contributed by atoms with E-state index in [0.29, 0.717) is 27.8 Å². The van der Waals surface area contributed by atoms with Crippen LogP contribution < -0.4 is 14.3 Å². The predicted octanol–water partition coefficient (Wildman–Crippen LogP) is 5.06. The van der Waals surface area contributed by atoms with Crippen molar-refractivity contribution in [2.45, 2.75) is 6.18 Å². The van der Waals surface area contributed by atoms with Crippen molar-refractivity contribution >= 4 is 23.0 Å². The van der Waals surface area contributed by atoms with Crippen LogP contribution in [0.3, 0.4) is 0 Å². The number of halogens is 3. The van der Waals surface area contributed by atoms with Gasteiger partial charge < -0.3 is 13.3 Å². The Morgan fingerprint density at radius 3 is 2.42 bits per heavy atom. The van der Waals surface area contributed by atoms with Gasteiger partial charge in [-0.3, -0.25) is 4.79 Å². The number of alkyl halides is 3. The summed E-state index contributed by atoms with van der Waals surface area (Å²) in [6.07, 6.45) is -1.32. The van der Waals surface area contributed by atoms with Crippen LogP contribution in [0.25, 0.3) is 22.1 Å². The molecule has 2 aromatic carbocycles. The number of fused-ring (bicyclic) bond motifs is 1. The molecule has 0 aliphatic rings. The molecule has 1 heterocycles. The molecule has 0 bridgehead atoms. The monoisotopic (exact) mass is 382 g/mol. The maximum atomic E-state index is 12.7. The Balaban J connectivity index is 1.89. The van der Waals surface area contributed by atoms with Crippen molar-refractivity contribution in [2.75, 3.05) is 12.9 Å². The standard InChI is InChI=1S/C18H13F3O4S/c1-26-25-13-6-7-14-16(8-13)23-9-15(17(14)22)11-2-4-12(5-3-11)24-10-18(19,20)21/h2-9H,10H2,1H3. The van der Waals surface area contributed by atoms with Gasteiger partial charge in [-0.25, -0.2) is 0 Å². The van der Waals surface area contributed by atoms with Gasteiger partial charge in [0.1, 0.15) is 23.3 Å². The molecule has 3 aromatic rings. The third kappa shape index (κ3) is 4.13. The fourth-order valence-corrected chi connectivity index (χ4v) is 2.65. The van der Waals surface area contributed by atoms with Crippen LogP contribution >= 0.6 is 12.0 Å². The zero-order valence-electron chi connectivity index (χ0n) is 13.5. The first-order valence-electron chi connectivity index (χ1n) is 7.43. The van der Waals surface area contributed by atoms with E-state index in [4.69, 9.17) is 8.60 Å². The predicted molar refractivity (Wildman–Crippen MR) is 93.6 cm³/mol. The van der Waals surface area contributed by atoms with E-state index < -0.39 is 12.8 Å². The molecule has 0 amide bonds. The lowest BCUT2D eigenvalue weighted by atomic mass is 10.1. The summed E-state index contributed by atoms with van der Waals surface area (Å²) in [6, 6.07) is 10.7. The fourth-order valence-electron chi connectivity index (χ4n) is 2.35. The second kappa shape index (κ2) is 7.33. The SMILES string of the molecule is CSOc1ccc2c(=O)c(-c3ccc(OCC(F)(F)F)cc3)coc2c1. The fraction of sp³-hybridized carbons (Fsp3) is 0.167. The van der Waals surface area contributed by atoms with E-state index in [9.17, 15) is 18.0 Å². The highest BCUT2D eigenvalue weighted by molar-refractivity contribution is 7.94. The summed E-state index contributed by atoms with van der Waals surface area (Å²) >= 11 is 1.17. The van der Waals surface area contributed by atoms with Crippen LogP contribution in [0.1, 0.15) is 0 Å². The van der Waals surface area contributed by atoms with E-state index in [-0.39, 0.29) is 11.2 Å². The number of benzene rings is 2. The Bertz CT molecular complexity index is 965. The van der Waals surface area contributed by atoms with E-state index in [1.807, 2.05) is 0 Å². The third-order valence-corrected chi connectivity index (χ3v) is 3.85.